The van der Waals surface area contributed by atoms with Gasteiger partial charge < -0.3 is 5.32 Å². The number of allylic oxidation sites excluding steroid dienone is 2. The van der Waals surface area contributed by atoms with Crippen LogP contribution in [0.5, 0.6) is 0 Å². The van der Waals surface area contributed by atoms with Gasteiger partial charge in [0.25, 0.3) is 0 Å². The molecule has 1 aliphatic carbocycles. The number of rotatable bonds is 8. The van der Waals surface area contributed by atoms with Crippen LogP contribution in [0.25, 0.3) is 0 Å². The minimum atomic E-state index is -3.48. The summed E-state index contributed by atoms with van der Waals surface area (Å²) in [6.07, 6.45) is 7.16. The van der Waals surface area contributed by atoms with Crippen molar-refractivity contribution < 1.29 is 8.42 Å². The average Bonchev–Trinajstić information content (AvgIpc) is 3.28. The maximum atomic E-state index is 13.4. The van der Waals surface area contributed by atoms with Gasteiger partial charge in [-0.25, -0.2) is 8.42 Å². The number of nitrogens with one attached hydrogen (secondary N) is 1. The number of benzene rings is 2. The second kappa shape index (κ2) is 9.40. The van der Waals surface area contributed by atoms with E-state index in [0.717, 1.165) is 30.5 Å². The SMILES string of the molecule is CCCN(CCC)S(=O)(=O)c1ccc2c(c1)C1C=CCC1C(c1ccc(C(C)C)cc1)N2. The van der Waals surface area contributed by atoms with Gasteiger partial charge in [-0.2, -0.15) is 4.31 Å². The molecule has 0 radical (unpaired) electrons. The summed E-state index contributed by atoms with van der Waals surface area (Å²) in [5.41, 5.74) is 4.80. The first-order valence-corrected chi connectivity index (χ1v) is 13.5. The van der Waals surface area contributed by atoms with E-state index in [0.29, 0.717) is 29.8 Å². The first kappa shape index (κ1) is 23.1. The average molecular weight is 453 g/mol. The van der Waals surface area contributed by atoms with E-state index in [-0.39, 0.29) is 12.0 Å². The highest BCUT2D eigenvalue weighted by molar-refractivity contribution is 7.89. The molecule has 32 heavy (non-hydrogen) atoms. The Morgan fingerprint density at radius 3 is 2.34 bits per heavy atom. The molecule has 1 heterocycles. The highest BCUT2D eigenvalue weighted by atomic mass is 32.2. The van der Waals surface area contributed by atoms with Gasteiger partial charge in [0.15, 0.2) is 0 Å². The zero-order valence-electron chi connectivity index (χ0n) is 19.7. The molecule has 1 N–H and O–H groups in total. The summed E-state index contributed by atoms with van der Waals surface area (Å²) in [6.45, 7) is 9.61. The van der Waals surface area contributed by atoms with Crippen LogP contribution in [-0.2, 0) is 10.0 Å². The smallest absolute Gasteiger partial charge is 0.243 e. The molecule has 5 heteroatoms. The second-order valence-corrected chi connectivity index (χ2v) is 11.4. The normalized spacial score (nSPS) is 22.1. The third-order valence-electron chi connectivity index (χ3n) is 6.88. The summed E-state index contributed by atoms with van der Waals surface area (Å²) in [4.78, 5) is 0.415. The molecule has 2 aliphatic rings. The first-order valence-electron chi connectivity index (χ1n) is 12.0. The molecule has 4 rings (SSSR count). The van der Waals surface area contributed by atoms with E-state index in [9.17, 15) is 8.42 Å². The summed E-state index contributed by atoms with van der Waals surface area (Å²) in [5, 5.41) is 3.74. The lowest BCUT2D eigenvalue weighted by molar-refractivity contribution is 0.408. The fourth-order valence-corrected chi connectivity index (χ4v) is 6.81. The molecule has 172 valence electrons. The number of hydrogen-bond acceptors (Lipinski definition) is 3. The largest absolute Gasteiger partial charge is 0.378 e. The van der Waals surface area contributed by atoms with Crippen LogP contribution >= 0.6 is 0 Å². The van der Waals surface area contributed by atoms with E-state index < -0.39 is 10.0 Å². The third kappa shape index (κ3) is 4.25. The maximum Gasteiger partial charge on any atom is 0.243 e. The van der Waals surface area contributed by atoms with Crippen molar-refractivity contribution in [2.45, 2.75) is 69.7 Å². The highest BCUT2D eigenvalue weighted by Gasteiger charge is 2.38. The van der Waals surface area contributed by atoms with E-state index in [1.54, 1.807) is 10.4 Å². The van der Waals surface area contributed by atoms with Crippen LogP contribution in [-0.4, -0.2) is 25.8 Å². The number of nitrogens with zero attached hydrogens (tertiary/aromatic N) is 1. The van der Waals surface area contributed by atoms with Crippen LogP contribution in [0.1, 0.15) is 81.5 Å². The number of fused-ring (bicyclic) bond motifs is 3. The molecular weight excluding hydrogens is 416 g/mol. The molecule has 0 amide bonds. The molecule has 0 bridgehead atoms. The zero-order chi connectivity index (χ0) is 22.9. The molecule has 2 aromatic carbocycles. The fraction of sp³-hybridized carbons (Fsp3) is 0.481. The van der Waals surface area contributed by atoms with Crippen LogP contribution in [0.4, 0.5) is 5.69 Å². The van der Waals surface area contributed by atoms with Crippen LogP contribution in [0.15, 0.2) is 59.5 Å². The Hall–Kier alpha value is -2.11. The molecule has 0 spiro atoms. The number of anilines is 1. The predicted molar refractivity (Wildman–Crippen MR) is 133 cm³/mol. The lowest BCUT2D eigenvalue weighted by Gasteiger charge is -2.38. The van der Waals surface area contributed by atoms with Crippen molar-refractivity contribution in [1.82, 2.24) is 4.31 Å². The van der Waals surface area contributed by atoms with E-state index >= 15 is 0 Å². The van der Waals surface area contributed by atoms with Gasteiger partial charge in [-0.1, -0.05) is 64.1 Å². The summed E-state index contributed by atoms with van der Waals surface area (Å²) in [7, 11) is -3.48. The molecular formula is C27H36N2O2S. The summed E-state index contributed by atoms with van der Waals surface area (Å²) in [5.74, 6) is 1.15. The standard InChI is InChI=1S/C27H36N2O2S/c1-5-16-29(17-6-2)32(30,31)22-14-15-26-25(18-22)23-8-7-9-24(23)27(28-26)21-12-10-20(11-13-21)19(3)4/h7-8,10-15,18-19,23-24,27-28H,5-6,9,16-17H2,1-4H3. The highest BCUT2D eigenvalue weighted by Crippen LogP contribution is 2.50. The first-order chi connectivity index (χ1) is 15.4. The predicted octanol–water partition coefficient (Wildman–Crippen LogP) is 6.45. The van der Waals surface area contributed by atoms with Gasteiger partial charge in [0.05, 0.1) is 10.9 Å². The van der Waals surface area contributed by atoms with Crippen molar-refractivity contribution in [3.63, 3.8) is 0 Å². The molecule has 4 nitrogen and oxygen atoms in total. The van der Waals surface area contributed by atoms with Gasteiger partial charge in [0.2, 0.25) is 10.0 Å². The van der Waals surface area contributed by atoms with E-state index in [1.807, 2.05) is 26.0 Å². The van der Waals surface area contributed by atoms with Crippen LogP contribution in [0.2, 0.25) is 0 Å². The number of hydrogen-bond donors (Lipinski definition) is 1. The van der Waals surface area contributed by atoms with Gasteiger partial charge in [-0.3, -0.25) is 0 Å². The quantitative estimate of drug-likeness (QED) is 0.468. The van der Waals surface area contributed by atoms with Gasteiger partial charge in [-0.05, 0) is 66.0 Å². The molecule has 0 fully saturated rings. The zero-order valence-corrected chi connectivity index (χ0v) is 20.5. The Morgan fingerprint density at radius 2 is 1.72 bits per heavy atom. The van der Waals surface area contributed by atoms with E-state index in [2.05, 4.69) is 55.6 Å². The van der Waals surface area contributed by atoms with Crippen molar-refractivity contribution >= 4 is 15.7 Å². The van der Waals surface area contributed by atoms with E-state index in [4.69, 9.17) is 0 Å². The second-order valence-electron chi connectivity index (χ2n) is 9.45. The Kier molecular flexibility index (Phi) is 6.78. The molecule has 0 aromatic heterocycles. The minimum Gasteiger partial charge on any atom is -0.378 e. The lowest BCUT2D eigenvalue weighted by atomic mass is 9.77. The molecule has 3 unspecified atom stereocenters. The molecule has 2 aromatic rings. The third-order valence-corrected chi connectivity index (χ3v) is 8.77. The van der Waals surface area contributed by atoms with E-state index in [1.165, 1.54) is 11.1 Å². The van der Waals surface area contributed by atoms with Crippen molar-refractivity contribution in [2.24, 2.45) is 5.92 Å². The minimum absolute atomic E-state index is 0.225. The van der Waals surface area contributed by atoms with Crippen LogP contribution in [0, 0.1) is 5.92 Å². The Balaban J connectivity index is 1.68. The molecule has 0 saturated carbocycles. The molecule has 3 atom stereocenters. The molecule has 1 aliphatic heterocycles. The van der Waals surface area contributed by atoms with Gasteiger partial charge in [0.1, 0.15) is 0 Å². The van der Waals surface area contributed by atoms with Crippen molar-refractivity contribution in [1.29, 1.82) is 0 Å². The molecule has 0 saturated heterocycles. The van der Waals surface area contributed by atoms with Crippen molar-refractivity contribution in [3.05, 3.63) is 71.3 Å². The summed E-state index contributed by atoms with van der Waals surface area (Å²) in [6, 6.07) is 14.9. The van der Waals surface area contributed by atoms with Gasteiger partial charge in [0, 0.05) is 24.7 Å². The Morgan fingerprint density at radius 1 is 1.03 bits per heavy atom. The van der Waals surface area contributed by atoms with Crippen molar-refractivity contribution in [3.8, 4) is 0 Å². The number of sulfonamides is 1. The Bertz CT molecular complexity index is 1070. The van der Waals surface area contributed by atoms with Crippen LogP contribution in [0.3, 0.4) is 0 Å². The van der Waals surface area contributed by atoms with Gasteiger partial charge in [-0.15, -0.1) is 0 Å². The fourth-order valence-electron chi connectivity index (χ4n) is 5.15. The maximum absolute atomic E-state index is 13.4. The van der Waals surface area contributed by atoms with Crippen LogP contribution < -0.4 is 5.32 Å². The van der Waals surface area contributed by atoms with Crippen molar-refractivity contribution in [2.75, 3.05) is 18.4 Å². The lowest BCUT2D eigenvalue weighted by Crippen LogP contribution is -2.33. The topological polar surface area (TPSA) is 49.4 Å². The monoisotopic (exact) mass is 452 g/mol. The summed E-state index contributed by atoms with van der Waals surface area (Å²) >= 11 is 0. The Labute approximate surface area is 193 Å². The van der Waals surface area contributed by atoms with Gasteiger partial charge >= 0.3 is 0 Å². The summed E-state index contributed by atoms with van der Waals surface area (Å²) < 4.78 is 28.3.